The summed E-state index contributed by atoms with van der Waals surface area (Å²) in [4.78, 5) is 12.1. The molecule has 1 aromatic carbocycles. The molecule has 0 spiro atoms. The molecule has 4 nitrogen and oxygen atoms in total. The highest BCUT2D eigenvalue weighted by molar-refractivity contribution is 5.93. The summed E-state index contributed by atoms with van der Waals surface area (Å²) in [6.45, 7) is 4.70. The molecule has 1 saturated carbocycles. The average molecular weight is 277 g/mol. The number of rotatable bonds is 5. The molecule has 2 unspecified atom stereocenters. The Morgan fingerprint density at radius 3 is 2.85 bits per heavy atom. The fourth-order valence-electron chi connectivity index (χ4n) is 2.56. The van der Waals surface area contributed by atoms with E-state index in [2.05, 4.69) is 12.2 Å². The van der Waals surface area contributed by atoms with E-state index in [4.69, 9.17) is 4.74 Å². The van der Waals surface area contributed by atoms with Gasteiger partial charge in [0.15, 0.2) is 0 Å². The molecule has 1 aliphatic carbocycles. The van der Waals surface area contributed by atoms with E-state index in [1.165, 1.54) is 0 Å². The third-order valence-corrected chi connectivity index (χ3v) is 3.74. The number of aryl methyl sites for hydroxylation is 1. The van der Waals surface area contributed by atoms with E-state index in [1.54, 1.807) is 0 Å². The van der Waals surface area contributed by atoms with E-state index in [-0.39, 0.29) is 11.8 Å². The lowest BCUT2D eigenvalue weighted by atomic mass is 10.0. The summed E-state index contributed by atoms with van der Waals surface area (Å²) in [6, 6.07) is 5.65. The standard InChI is InChI=1S/C16H23NO3/c1-3-9-20-12-7-8-14(11(2)10-12)17-16(19)13-5-4-6-15(13)18/h7-8,10,13,15,18H,3-6,9H2,1-2H3,(H,17,19). The Hall–Kier alpha value is -1.55. The number of amides is 1. The van der Waals surface area contributed by atoms with Gasteiger partial charge in [-0.1, -0.05) is 6.92 Å². The molecule has 20 heavy (non-hydrogen) atoms. The maximum Gasteiger partial charge on any atom is 0.230 e. The van der Waals surface area contributed by atoms with Crippen LogP contribution < -0.4 is 10.1 Å². The highest BCUT2D eigenvalue weighted by atomic mass is 16.5. The molecule has 2 rings (SSSR count). The van der Waals surface area contributed by atoms with Crippen LogP contribution >= 0.6 is 0 Å². The van der Waals surface area contributed by atoms with Crippen molar-refractivity contribution in [1.82, 2.24) is 0 Å². The fraction of sp³-hybridized carbons (Fsp3) is 0.562. The van der Waals surface area contributed by atoms with Gasteiger partial charge in [0.05, 0.1) is 18.6 Å². The van der Waals surface area contributed by atoms with E-state index < -0.39 is 6.10 Å². The van der Waals surface area contributed by atoms with Gasteiger partial charge in [0.2, 0.25) is 5.91 Å². The van der Waals surface area contributed by atoms with Crippen molar-refractivity contribution in [3.05, 3.63) is 23.8 Å². The molecule has 1 fully saturated rings. The molecule has 1 aromatic rings. The van der Waals surface area contributed by atoms with Crippen LogP contribution in [0.5, 0.6) is 5.75 Å². The molecule has 1 amide bonds. The van der Waals surface area contributed by atoms with Crippen molar-refractivity contribution >= 4 is 11.6 Å². The quantitative estimate of drug-likeness (QED) is 0.870. The topological polar surface area (TPSA) is 58.6 Å². The second-order valence-electron chi connectivity index (χ2n) is 5.42. The maximum absolute atomic E-state index is 12.1. The Kier molecular flexibility index (Phi) is 5.01. The molecule has 0 radical (unpaired) electrons. The van der Waals surface area contributed by atoms with Gasteiger partial charge in [-0.2, -0.15) is 0 Å². The van der Waals surface area contributed by atoms with E-state index >= 15 is 0 Å². The lowest BCUT2D eigenvalue weighted by Gasteiger charge is -2.16. The zero-order chi connectivity index (χ0) is 14.5. The summed E-state index contributed by atoms with van der Waals surface area (Å²) in [7, 11) is 0. The number of aliphatic hydroxyl groups is 1. The number of carbonyl (C=O) groups excluding carboxylic acids is 1. The zero-order valence-corrected chi connectivity index (χ0v) is 12.2. The highest BCUT2D eigenvalue weighted by Gasteiger charge is 2.31. The number of carbonyl (C=O) groups is 1. The third kappa shape index (κ3) is 3.51. The number of ether oxygens (including phenoxy) is 1. The predicted molar refractivity (Wildman–Crippen MR) is 78.9 cm³/mol. The van der Waals surface area contributed by atoms with Crippen molar-refractivity contribution in [2.75, 3.05) is 11.9 Å². The molecular formula is C16H23NO3. The van der Waals surface area contributed by atoms with Crippen LogP contribution in [0.2, 0.25) is 0 Å². The summed E-state index contributed by atoms with van der Waals surface area (Å²) in [5.74, 6) is 0.467. The molecule has 2 atom stereocenters. The summed E-state index contributed by atoms with van der Waals surface area (Å²) in [6.07, 6.45) is 2.88. The molecule has 0 aromatic heterocycles. The molecular weight excluding hydrogens is 254 g/mol. The zero-order valence-electron chi connectivity index (χ0n) is 12.2. The molecule has 4 heteroatoms. The summed E-state index contributed by atoms with van der Waals surface area (Å²) >= 11 is 0. The first-order chi connectivity index (χ1) is 9.61. The number of hydrogen-bond acceptors (Lipinski definition) is 3. The van der Waals surface area contributed by atoms with Gasteiger partial charge in [-0.15, -0.1) is 0 Å². The van der Waals surface area contributed by atoms with Crippen LogP contribution in [0.25, 0.3) is 0 Å². The number of aliphatic hydroxyl groups excluding tert-OH is 1. The number of benzene rings is 1. The Morgan fingerprint density at radius 2 is 2.25 bits per heavy atom. The van der Waals surface area contributed by atoms with Gasteiger partial charge in [-0.05, 0) is 56.4 Å². The van der Waals surface area contributed by atoms with Gasteiger partial charge in [0.25, 0.3) is 0 Å². The Balaban J connectivity index is 2.00. The van der Waals surface area contributed by atoms with Crippen LogP contribution in [0.15, 0.2) is 18.2 Å². The fourth-order valence-corrected chi connectivity index (χ4v) is 2.56. The predicted octanol–water partition coefficient (Wildman–Crippen LogP) is 2.88. The Bertz CT molecular complexity index is 473. The van der Waals surface area contributed by atoms with Crippen molar-refractivity contribution in [2.45, 2.75) is 45.6 Å². The largest absolute Gasteiger partial charge is 0.494 e. The first kappa shape index (κ1) is 14.9. The number of nitrogens with one attached hydrogen (secondary N) is 1. The van der Waals surface area contributed by atoms with Crippen molar-refractivity contribution in [3.8, 4) is 5.75 Å². The summed E-state index contributed by atoms with van der Waals surface area (Å²) < 4.78 is 5.56. The second kappa shape index (κ2) is 6.75. The van der Waals surface area contributed by atoms with E-state index in [0.29, 0.717) is 6.61 Å². The van der Waals surface area contributed by atoms with E-state index in [1.807, 2.05) is 25.1 Å². The maximum atomic E-state index is 12.1. The van der Waals surface area contributed by atoms with E-state index in [0.717, 1.165) is 42.7 Å². The molecule has 0 aliphatic heterocycles. The summed E-state index contributed by atoms with van der Waals surface area (Å²) in [5.41, 5.74) is 1.76. The molecule has 0 bridgehead atoms. The summed E-state index contributed by atoms with van der Waals surface area (Å²) in [5, 5.41) is 12.7. The van der Waals surface area contributed by atoms with Crippen LogP contribution in [0.3, 0.4) is 0 Å². The van der Waals surface area contributed by atoms with Crippen LogP contribution in [0.1, 0.15) is 38.2 Å². The molecule has 0 heterocycles. The van der Waals surface area contributed by atoms with Gasteiger partial charge in [-0.25, -0.2) is 0 Å². The Morgan fingerprint density at radius 1 is 1.45 bits per heavy atom. The monoisotopic (exact) mass is 277 g/mol. The van der Waals surface area contributed by atoms with Gasteiger partial charge >= 0.3 is 0 Å². The molecule has 0 saturated heterocycles. The van der Waals surface area contributed by atoms with Crippen molar-refractivity contribution in [3.63, 3.8) is 0 Å². The molecule has 2 N–H and O–H groups in total. The van der Waals surface area contributed by atoms with Gasteiger partial charge < -0.3 is 15.2 Å². The molecule has 110 valence electrons. The Labute approximate surface area is 120 Å². The van der Waals surface area contributed by atoms with Gasteiger partial charge in [0, 0.05) is 5.69 Å². The van der Waals surface area contributed by atoms with Gasteiger partial charge in [0.1, 0.15) is 5.75 Å². The SMILES string of the molecule is CCCOc1ccc(NC(=O)C2CCCC2O)c(C)c1. The normalized spacial score (nSPS) is 21.8. The van der Waals surface area contributed by atoms with Crippen LogP contribution in [-0.2, 0) is 4.79 Å². The highest BCUT2D eigenvalue weighted by Crippen LogP contribution is 2.28. The van der Waals surface area contributed by atoms with Crippen LogP contribution in [0.4, 0.5) is 5.69 Å². The minimum absolute atomic E-state index is 0.0830. The lowest BCUT2D eigenvalue weighted by molar-refractivity contribution is -0.122. The number of anilines is 1. The minimum atomic E-state index is -0.498. The van der Waals surface area contributed by atoms with Gasteiger partial charge in [-0.3, -0.25) is 4.79 Å². The molecule has 1 aliphatic rings. The first-order valence-electron chi connectivity index (χ1n) is 7.34. The van der Waals surface area contributed by atoms with Crippen molar-refractivity contribution < 1.29 is 14.6 Å². The second-order valence-corrected chi connectivity index (χ2v) is 5.42. The number of hydrogen-bond donors (Lipinski definition) is 2. The third-order valence-electron chi connectivity index (χ3n) is 3.74. The van der Waals surface area contributed by atoms with Crippen molar-refractivity contribution in [2.24, 2.45) is 5.92 Å². The lowest BCUT2D eigenvalue weighted by Crippen LogP contribution is -2.28. The van der Waals surface area contributed by atoms with Crippen LogP contribution in [-0.4, -0.2) is 23.7 Å². The van der Waals surface area contributed by atoms with E-state index in [9.17, 15) is 9.90 Å². The average Bonchev–Trinajstić information content (AvgIpc) is 2.85. The van der Waals surface area contributed by atoms with Crippen LogP contribution in [0, 0.1) is 12.8 Å². The smallest absolute Gasteiger partial charge is 0.230 e. The van der Waals surface area contributed by atoms with Crippen molar-refractivity contribution in [1.29, 1.82) is 0 Å². The first-order valence-corrected chi connectivity index (χ1v) is 7.34. The minimum Gasteiger partial charge on any atom is -0.494 e.